The molecule has 32 heavy (non-hydrogen) atoms. The topological polar surface area (TPSA) is 107 Å². The van der Waals surface area contributed by atoms with Crippen molar-refractivity contribution in [3.05, 3.63) is 71.3 Å². The average molecular weight is 491 g/mol. The number of esters is 1. The second-order valence-electron chi connectivity index (χ2n) is 6.47. The highest BCUT2D eigenvalue weighted by atomic mass is 35.5. The number of carbonyl (C=O) groups is 2. The lowest BCUT2D eigenvalue weighted by Crippen LogP contribution is -2.32. The number of anilines is 1. The van der Waals surface area contributed by atoms with Crippen LogP contribution < -0.4 is 10.0 Å². The first-order chi connectivity index (χ1) is 14.8. The second kappa shape index (κ2) is 9.61. The number of primary amides is 1. The van der Waals surface area contributed by atoms with Gasteiger partial charge in [0, 0.05) is 0 Å². The van der Waals surface area contributed by atoms with Crippen molar-refractivity contribution in [2.75, 3.05) is 10.8 Å². The van der Waals surface area contributed by atoms with Crippen molar-refractivity contribution in [1.82, 2.24) is 0 Å². The molecule has 2 aromatic rings. The summed E-state index contributed by atoms with van der Waals surface area (Å²) >= 11 is 6.04. The number of rotatable bonds is 8. The van der Waals surface area contributed by atoms with Crippen LogP contribution in [0.15, 0.2) is 60.0 Å². The summed E-state index contributed by atoms with van der Waals surface area (Å²) in [5.41, 5.74) is 3.44. The van der Waals surface area contributed by atoms with Crippen LogP contribution in [0.2, 0.25) is 5.02 Å². The van der Waals surface area contributed by atoms with Crippen LogP contribution in [0.3, 0.4) is 0 Å². The number of hydrogen-bond donors (Lipinski definition) is 1. The molecule has 0 aromatic heterocycles. The van der Waals surface area contributed by atoms with E-state index in [9.17, 15) is 31.2 Å². The summed E-state index contributed by atoms with van der Waals surface area (Å²) in [5.74, 6) is -1.96. The molecule has 2 aromatic carbocycles. The van der Waals surface area contributed by atoms with Crippen LogP contribution in [-0.4, -0.2) is 32.9 Å². The monoisotopic (exact) mass is 490 g/mol. The first-order valence-corrected chi connectivity index (χ1v) is 10.7. The molecule has 1 amide bonds. The summed E-state index contributed by atoms with van der Waals surface area (Å²) in [6.45, 7) is 4.29. The number of sulfonamides is 1. The van der Waals surface area contributed by atoms with Gasteiger partial charge in [-0.3, -0.25) is 9.10 Å². The lowest BCUT2D eigenvalue weighted by atomic mass is 10.2. The molecular weight excluding hydrogens is 473 g/mol. The summed E-state index contributed by atoms with van der Waals surface area (Å²) in [7, 11) is -4.55. The van der Waals surface area contributed by atoms with Gasteiger partial charge in [0.25, 0.3) is 15.9 Å². The Labute approximate surface area is 187 Å². The van der Waals surface area contributed by atoms with E-state index in [0.717, 1.165) is 24.3 Å². The van der Waals surface area contributed by atoms with Gasteiger partial charge in [-0.15, -0.1) is 6.58 Å². The van der Waals surface area contributed by atoms with E-state index in [-0.39, 0.29) is 22.8 Å². The summed E-state index contributed by atoms with van der Waals surface area (Å²) in [5, 5.41) is -0.287. The number of nitrogens with zero attached hydrogens (tertiary/aromatic N) is 1. The maximum absolute atomic E-state index is 13.3. The Morgan fingerprint density at radius 2 is 1.91 bits per heavy atom. The minimum absolute atomic E-state index is 0.260. The highest BCUT2D eigenvalue weighted by molar-refractivity contribution is 7.93. The lowest BCUT2D eigenvalue weighted by Gasteiger charge is -2.24. The molecule has 2 N–H and O–H groups in total. The summed E-state index contributed by atoms with van der Waals surface area (Å²) < 4.78 is 71.4. The molecule has 2 rings (SSSR count). The van der Waals surface area contributed by atoms with E-state index >= 15 is 0 Å². The normalized spacial score (nSPS) is 12.7. The fourth-order valence-corrected chi connectivity index (χ4v) is 4.46. The molecule has 0 spiro atoms. The van der Waals surface area contributed by atoms with E-state index in [0.29, 0.717) is 10.4 Å². The lowest BCUT2D eigenvalue weighted by molar-refractivity contribution is -0.137. The molecule has 1 atom stereocenters. The standard InChI is InChI=1S/C20H18ClF3N2O5S/c1-3-9-26(15-6-4-5-14(11-15)20(22,23)24)32(29,30)17-10-13(7-8-16(17)21)19(28)31-12(2)18(25)27/h3-8,10-12H,1,9H2,2H3,(H2,25,27)/t12-/m1/s1. The first-order valence-electron chi connectivity index (χ1n) is 8.89. The van der Waals surface area contributed by atoms with Gasteiger partial charge in [0.1, 0.15) is 4.90 Å². The predicted octanol–water partition coefficient (Wildman–Crippen LogP) is 3.77. The SMILES string of the molecule is C=CCN(c1cccc(C(F)(F)F)c1)S(=O)(=O)c1cc(C(=O)O[C@H](C)C(N)=O)ccc1Cl. The molecule has 0 aliphatic carbocycles. The fourth-order valence-electron chi connectivity index (χ4n) is 2.53. The average Bonchev–Trinajstić information content (AvgIpc) is 2.71. The van der Waals surface area contributed by atoms with Gasteiger partial charge in [-0.05, 0) is 43.3 Å². The Kier molecular flexibility index (Phi) is 7.58. The van der Waals surface area contributed by atoms with Gasteiger partial charge in [0.15, 0.2) is 6.10 Å². The second-order valence-corrected chi connectivity index (χ2v) is 8.71. The zero-order valence-corrected chi connectivity index (χ0v) is 18.2. The van der Waals surface area contributed by atoms with Crippen molar-refractivity contribution in [1.29, 1.82) is 0 Å². The number of carbonyl (C=O) groups excluding carboxylic acids is 2. The van der Waals surface area contributed by atoms with Gasteiger partial charge in [0.2, 0.25) is 0 Å². The van der Waals surface area contributed by atoms with Crippen molar-refractivity contribution >= 4 is 39.2 Å². The minimum atomic E-state index is -4.70. The number of halogens is 4. The van der Waals surface area contributed by atoms with Gasteiger partial charge >= 0.3 is 12.1 Å². The Balaban J connectivity index is 2.55. The molecule has 0 fully saturated rings. The number of ether oxygens (including phenoxy) is 1. The van der Waals surface area contributed by atoms with E-state index in [4.69, 9.17) is 22.1 Å². The van der Waals surface area contributed by atoms with Gasteiger partial charge in [-0.25, -0.2) is 13.2 Å². The molecule has 0 unspecified atom stereocenters. The molecule has 172 valence electrons. The van der Waals surface area contributed by atoms with Crippen LogP contribution in [0, 0.1) is 0 Å². The molecule has 12 heteroatoms. The molecule has 0 aliphatic heterocycles. The Hall–Kier alpha value is -3.05. The maximum atomic E-state index is 13.3. The number of hydrogen-bond acceptors (Lipinski definition) is 5. The largest absolute Gasteiger partial charge is 0.449 e. The highest BCUT2D eigenvalue weighted by Gasteiger charge is 2.33. The summed E-state index contributed by atoms with van der Waals surface area (Å²) in [4.78, 5) is 22.8. The van der Waals surface area contributed by atoms with Gasteiger partial charge in [-0.2, -0.15) is 13.2 Å². The fraction of sp³-hybridized carbons (Fsp3) is 0.200. The molecule has 0 bridgehead atoms. The van der Waals surface area contributed by atoms with Crippen molar-refractivity contribution in [2.45, 2.75) is 24.1 Å². The molecule has 7 nitrogen and oxygen atoms in total. The molecule has 0 radical (unpaired) electrons. The van der Waals surface area contributed by atoms with Crippen molar-refractivity contribution in [2.24, 2.45) is 5.73 Å². The van der Waals surface area contributed by atoms with Crippen LogP contribution in [0.4, 0.5) is 18.9 Å². The quantitative estimate of drug-likeness (QED) is 0.448. The number of alkyl halides is 3. The summed E-state index contributed by atoms with van der Waals surface area (Å²) in [6, 6.07) is 6.88. The molecule has 0 saturated heterocycles. The van der Waals surface area contributed by atoms with Crippen LogP contribution in [0.25, 0.3) is 0 Å². The minimum Gasteiger partial charge on any atom is -0.449 e. The van der Waals surface area contributed by atoms with E-state index in [1.165, 1.54) is 25.1 Å². The third-order valence-corrected chi connectivity index (χ3v) is 6.45. The Morgan fingerprint density at radius 3 is 2.47 bits per heavy atom. The van der Waals surface area contributed by atoms with Gasteiger partial charge < -0.3 is 10.5 Å². The van der Waals surface area contributed by atoms with Crippen LogP contribution in [0.5, 0.6) is 0 Å². The summed E-state index contributed by atoms with van der Waals surface area (Å²) in [6.07, 6.45) is -4.79. The van der Waals surface area contributed by atoms with Gasteiger partial charge in [-0.1, -0.05) is 23.7 Å². The third kappa shape index (κ3) is 5.60. The third-order valence-electron chi connectivity index (χ3n) is 4.18. The van der Waals surface area contributed by atoms with Crippen molar-refractivity contribution < 1.29 is 35.9 Å². The highest BCUT2D eigenvalue weighted by Crippen LogP contribution is 2.34. The zero-order valence-electron chi connectivity index (χ0n) is 16.6. The number of benzene rings is 2. The van der Waals surface area contributed by atoms with Crippen molar-refractivity contribution in [3.8, 4) is 0 Å². The Bertz CT molecular complexity index is 1150. The smallest absolute Gasteiger partial charge is 0.416 e. The molecule has 0 heterocycles. The van der Waals surface area contributed by atoms with Crippen LogP contribution in [0.1, 0.15) is 22.8 Å². The van der Waals surface area contributed by atoms with Gasteiger partial charge in [0.05, 0.1) is 28.4 Å². The maximum Gasteiger partial charge on any atom is 0.416 e. The van der Waals surface area contributed by atoms with E-state index in [2.05, 4.69) is 6.58 Å². The molecule has 0 saturated carbocycles. The van der Waals surface area contributed by atoms with Crippen molar-refractivity contribution in [3.63, 3.8) is 0 Å². The van der Waals surface area contributed by atoms with Crippen LogP contribution >= 0.6 is 11.6 Å². The first kappa shape index (κ1) is 25.2. The predicted molar refractivity (Wildman–Crippen MR) is 112 cm³/mol. The molecule has 0 aliphatic rings. The zero-order chi connectivity index (χ0) is 24.3. The van der Waals surface area contributed by atoms with E-state index in [1.54, 1.807) is 0 Å². The van der Waals surface area contributed by atoms with E-state index < -0.39 is 44.6 Å². The molecular formula is C20H18ClF3N2O5S. The van der Waals surface area contributed by atoms with Crippen LogP contribution in [-0.2, 0) is 25.7 Å². The number of amides is 1. The Morgan fingerprint density at radius 1 is 1.25 bits per heavy atom. The number of nitrogens with two attached hydrogens (primary N) is 1. The van der Waals surface area contributed by atoms with E-state index in [1.807, 2.05) is 0 Å².